The second-order valence-corrected chi connectivity index (χ2v) is 6.74. The van der Waals surface area contributed by atoms with Crippen LogP contribution < -0.4 is 10.6 Å². The predicted octanol–water partition coefficient (Wildman–Crippen LogP) is 3.72. The van der Waals surface area contributed by atoms with Crippen molar-refractivity contribution in [1.29, 1.82) is 0 Å². The summed E-state index contributed by atoms with van der Waals surface area (Å²) in [5.41, 5.74) is 1.42. The van der Waals surface area contributed by atoms with Gasteiger partial charge in [0.2, 0.25) is 0 Å². The SMILES string of the molecule is CCNC(=NCC1(C)COC1)NC(C)c1ccccc1Br.I. The van der Waals surface area contributed by atoms with Crippen LogP contribution in [0.15, 0.2) is 33.7 Å². The van der Waals surface area contributed by atoms with E-state index in [0.717, 1.165) is 36.7 Å². The quantitative estimate of drug-likeness (QED) is 0.382. The fourth-order valence-electron chi connectivity index (χ4n) is 2.24. The van der Waals surface area contributed by atoms with Crippen LogP contribution >= 0.6 is 39.9 Å². The molecule has 1 aliphatic rings. The van der Waals surface area contributed by atoms with Gasteiger partial charge in [-0.05, 0) is 25.5 Å². The van der Waals surface area contributed by atoms with E-state index in [1.807, 2.05) is 6.07 Å². The third-order valence-corrected chi connectivity index (χ3v) is 4.31. The minimum atomic E-state index is 0. The Balaban J connectivity index is 0.00000242. The molecule has 1 fully saturated rings. The molecule has 0 aliphatic carbocycles. The molecule has 1 aromatic carbocycles. The Labute approximate surface area is 158 Å². The number of benzene rings is 1. The topological polar surface area (TPSA) is 45.7 Å². The number of guanidine groups is 1. The molecule has 0 bridgehead atoms. The Hall–Kier alpha value is -0.340. The van der Waals surface area contributed by atoms with Gasteiger partial charge in [0.1, 0.15) is 0 Å². The van der Waals surface area contributed by atoms with Crippen molar-refractivity contribution in [3.05, 3.63) is 34.3 Å². The van der Waals surface area contributed by atoms with E-state index in [1.54, 1.807) is 0 Å². The van der Waals surface area contributed by atoms with Gasteiger partial charge in [-0.3, -0.25) is 4.99 Å². The maximum atomic E-state index is 5.28. The highest BCUT2D eigenvalue weighted by atomic mass is 127. The molecule has 22 heavy (non-hydrogen) atoms. The number of nitrogens with zero attached hydrogens (tertiary/aromatic N) is 1. The van der Waals surface area contributed by atoms with E-state index < -0.39 is 0 Å². The number of aliphatic imine (C=N–C) groups is 1. The summed E-state index contributed by atoms with van der Waals surface area (Å²) in [4.78, 5) is 4.70. The van der Waals surface area contributed by atoms with E-state index in [4.69, 9.17) is 9.73 Å². The largest absolute Gasteiger partial charge is 0.380 e. The van der Waals surface area contributed by atoms with E-state index in [1.165, 1.54) is 5.56 Å². The van der Waals surface area contributed by atoms with Crippen LogP contribution in [-0.2, 0) is 4.74 Å². The summed E-state index contributed by atoms with van der Waals surface area (Å²) < 4.78 is 6.39. The molecule has 2 N–H and O–H groups in total. The number of rotatable bonds is 5. The van der Waals surface area contributed by atoms with Crippen molar-refractivity contribution in [2.45, 2.75) is 26.8 Å². The lowest BCUT2D eigenvalue weighted by Gasteiger charge is -2.36. The van der Waals surface area contributed by atoms with E-state index in [0.29, 0.717) is 0 Å². The van der Waals surface area contributed by atoms with Crippen LogP contribution in [0.2, 0.25) is 0 Å². The fraction of sp³-hybridized carbons (Fsp3) is 0.562. The third-order valence-electron chi connectivity index (χ3n) is 3.59. The van der Waals surface area contributed by atoms with Crippen LogP contribution in [0.1, 0.15) is 32.4 Å². The second kappa shape index (κ2) is 9.08. The van der Waals surface area contributed by atoms with Crippen LogP contribution in [-0.4, -0.2) is 32.3 Å². The second-order valence-electron chi connectivity index (χ2n) is 5.89. The molecule has 1 unspecified atom stereocenters. The average molecular weight is 482 g/mol. The van der Waals surface area contributed by atoms with E-state index in [9.17, 15) is 0 Å². The summed E-state index contributed by atoms with van der Waals surface area (Å²) in [6.07, 6.45) is 0. The van der Waals surface area contributed by atoms with Crippen molar-refractivity contribution in [2.75, 3.05) is 26.3 Å². The lowest BCUT2D eigenvalue weighted by atomic mass is 9.89. The molecule has 124 valence electrons. The molecule has 0 spiro atoms. The van der Waals surface area contributed by atoms with Gasteiger partial charge >= 0.3 is 0 Å². The number of halogens is 2. The van der Waals surface area contributed by atoms with E-state index >= 15 is 0 Å². The first kappa shape index (κ1) is 19.7. The van der Waals surface area contributed by atoms with E-state index in [2.05, 4.69) is 65.5 Å². The van der Waals surface area contributed by atoms with Crippen LogP contribution in [0.25, 0.3) is 0 Å². The molecule has 0 saturated carbocycles. The average Bonchev–Trinajstić information content (AvgIpc) is 2.43. The molecular formula is C16H25BrIN3O. The molecule has 1 saturated heterocycles. The minimum absolute atomic E-state index is 0. The maximum Gasteiger partial charge on any atom is 0.191 e. The van der Waals surface area contributed by atoms with Gasteiger partial charge in [0.05, 0.1) is 25.8 Å². The smallest absolute Gasteiger partial charge is 0.191 e. The molecule has 0 amide bonds. The van der Waals surface area contributed by atoms with Gasteiger partial charge in [-0.15, -0.1) is 24.0 Å². The highest BCUT2D eigenvalue weighted by Crippen LogP contribution is 2.26. The zero-order chi connectivity index (χ0) is 15.3. The van der Waals surface area contributed by atoms with Gasteiger partial charge in [0.15, 0.2) is 5.96 Å². The predicted molar refractivity (Wildman–Crippen MR) is 106 cm³/mol. The first-order valence-corrected chi connectivity index (χ1v) is 8.20. The van der Waals surface area contributed by atoms with Gasteiger partial charge in [-0.1, -0.05) is 41.1 Å². The molecular weight excluding hydrogens is 457 g/mol. The zero-order valence-corrected chi connectivity index (χ0v) is 17.3. The normalized spacial score (nSPS) is 17.9. The van der Waals surface area contributed by atoms with Crippen molar-refractivity contribution in [2.24, 2.45) is 10.4 Å². The van der Waals surface area contributed by atoms with Crippen molar-refractivity contribution >= 4 is 45.9 Å². The zero-order valence-electron chi connectivity index (χ0n) is 13.4. The minimum Gasteiger partial charge on any atom is -0.380 e. The molecule has 6 heteroatoms. The summed E-state index contributed by atoms with van der Waals surface area (Å²) in [5.74, 6) is 0.855. The standard InChI is InChI=1S/C16H24BrN3O.HI/c1-4-18-15(19-9-16(3)10-21-11-16)20-12(2)13-7-5-6-8-14(13)17;/h5-8,12H,4,9-11H2,1-3H3,(H2,18,19,20);1H. The molecule has 0 radical (unpaired) electrons. The molecule has 2 rings (SSSR count). The number of nitrogens with one attached hydrogen (secondary N) is 2. The lowest BCUT2D eigenvalue weighted by Crippen LogP contribution is -2.44. The van der Waals surface area contributed by atoms with Crippen LogP contribution in [0.4, 0.5) is 0 Å². The van der Waals surface area contributed by atoms with Crippen LogP contribution in [0.5, 0.6) is 0 Å². The molecule has 4 nitrogen and oxygen atoms in total. The Kier molecular flexibility index (Phi) is 8.13. The number of ether oxygens (including phenoxy) is 1. The first-order chi connectivity index (χ1) is 10.0. The Morgan fingerprint density at radius 2 is 2.09 bits per heavy atom. The maximum absolute atomic E-state index is 5.28. The summed E-state index contributed by atoms with van der Waals surface area (Å²) in [6, 6.07) is 8.44. The molecule has 1 heterocycles. The lowest BCUT2D eigenvalue weighted by molar-refractivity contribution is -0.0945. The Morgan fingerprint density at radius 1 is 1.41 bits per heavy atom. The van der Waals surface area contributed by atoms with Gasteiger partial charge in [-0.2, -0.15) is 0 Å². The fourth-order valence-corrected chi connectivity index (χ4v) is 2.87. The third kappa shape index (κ3) is 5.38. The van der Waals surface area contributed by atoms with E-state index in [-0.39, 0.29) is 35.4 Å². The number of hydrogen-bond acceptors (Lipinski definition) is 2. The molecule has 0 aromatic heterocycles. The van der Waals surface area contributed by atoms with Crippen molar-refractivity contribution in [3.63, 3.8) is 0 Å². The summed E-state index contributed by atoms with van der Waals surface area (Å²) in [5, 5.41) is 6.77. The first-order valence-electron chi connectivity index (χ1n) is 7.41. The van der Waals surface area contributed by atoms with Gasteiger partial charge in [-0.25, -0.2) is 0 Å². The van der Waals surface area contributed by atoms with Crippen molar-refractivity contribution in [1.82, 2.24) is 10.6 Å². The monoisotopic (exact) mass is 481 g/mol. The summed E-state index contributed by atoms with van der Waals surface area (Å²) in [6.45, 7) is 9.66. The van der Waals surface area contributed by atoms with Crippen LogP contribution in [0.3, 0.4) is 0 Å². The Morgan fingerprint density at radius 3 is 2.64 bits per heavy atom. The van der Waals surface area contributed by atoms with Gasteiger partial charge in [0, 0.05) is 16.4 Å². The molecule has 1 atom stereocenters. The highest BCUT2D eigenvalue weighted by molar-refractivity contribution is 14.0. The number of hydrogen-bond donors (Lipinski definition) is 2. The van der Waals surface area contributed by atoms with Crippen LogP contribution in [0, 0.1) is 5.41 Å². The van der Waals surface area contributed by atoms with Crippen molar-refractivity contribution in [3.8, 4) is 0 Å². The molecule has 1 aliphatic heterocycles. The van der Waals surface area contributed by atoms with Gasteiger partial charge < -0.3 is 15.4 Å². The molecule has 1 aromatic rings. The summed E-state index contributed by atoms with van der Waals surface area (Å²) in [7, 11) is 0. The van der Waals surface area contributed by atoms with Crippen molar-refractivity contribution < 1.29 is 4.74 Å². The summed E-state index contributed by atoms with van der Waals surface area (Å²) >= 11 is 3.60. The highest BCUT2D eigenvalue weighted by Gasteiger charge is 2.33. The van der Waals surface area contributed by atoms with Gasteiger partial charge in [0.25, 0.3) is 0 Å². The Bertz CT molecular complexity index is 506.